The smallest absolute Gasteiger partial charge is 0.344 e. The molecule has 2 aromatic carbocycles. The number of hydrogen-bond donors (Lipinski definition) is 1. The van der Waals surface area contributed by atoms with E-state index in [1.165, 1.54) is 16.8 Å². The van der Waals surface area contributed by atoms with E-state index in [1.807, 2.05) is 19.1 Å². The highest BCUT2D eigenvalue weighted by molar-refractivity contribution is 5.92. The van der Waals surface area contributed by atoms with Crippen molar-refractivity contribution in [1.82, 2.24) is 9.78 Å². The van der Waals surface area contributed by atoms with Crippen LogP contribution in [0.25, 0.3) is 5.69 Å². The van der Waals surface area contributed by atoms with Crippen molar-refractivity contribution in [2.75, 3.05) is 18.5 Å². The lowest BCUT2D eigenvalue weighted by molar-refractivity contribution is -0.149. The van der Waals surface area contributed by atoms with Gasteiger partial charge >= 0.3 is 5.97 Å². The van der Waals surface area contributed by atoms with Crippen molar-refractivity contribution in [3.05, 3.63) is 71.7 Å². The SMILES string of the molecule is CCc1ccc(OCC(=O)OCC(=O)Nc2cc(C)nn2-c2ccc(F)cc2)cc1. The molecular weight excluding hydrogens is 389 g/mol. The molecule has 1 amide bonds. The Morgan fingerprint density at radius 3 is 2.43 bits per heavy atom. The molecule has 0 aliphatic heterocycles. The van der Waals surface area contributed by atoms with Crippen molar-refractivity contribution in [3.8, 4) is 11.4 Å². The van der Waals surface area contributed by atoms with Crippen LogP contribution in [-0.2, 0) is 20.7 Å². The Bertz CT molecular complexity index is 1010. The van der Waals surface area contributed by atoms with E-state index >= 15 is 0 Å². The van der Waals surface area contributed by atoms with Gasteiger partial charge in [0, 0.05) is 6.07 Å². The Morgan fingerprint density at radius 1 is 1.07 bits per heavy atom. The molecule has 30 heavy (non-hydrogen) atoms. The van der Waals surface area contributed by atoms with Gasteiger partial charge in [0.05, 0.1) is 11.4 Å². The molecule has 0 aliphatic rings. The molecule has 0 unspecified atom stereocenters. The predicted molar refractivity (Wildman–Crippen MR) is 109 cm³/mol. The second-order valence-corrected chi connectivity index (χ2v) is 6.55. The fourth-order valence-electron chi connectivity index (χ4n) is 2.70. The van der Waals surface area contributed by atoms with Crippen LogP contribution in [0, 0.1) is 12.7 Å². The van der Waals surface area contributed by atoms with Crippen LogP contribution in [0.1, 0.15) is 18.2 Å². The van der Waals surface area contributed by atoms with Gasteiger partial charge in [0.2, 0.25) is 0 Å². The Morgan fingerprint density at radius 2 is 1.77 bits per heavy atom. The number of aryl methyl sites for hydroxylation is 2. The minimum Gasteiger partial charge on any atom is -0.482 e. The van der Waals surface area contributed by atoms with Crippen molar-refractivity contribution in [3.63, 3.8) is 0 Å². The minimum atomic E-state index is -0.659. The van der Waals surface area contributed by atoms with E-state index in [0.29, 0.717) is 22.9 Å². The zero-order valence-corrected chi connectivity index (χ0v) is 16.7. The van der Waals surface area contributed by atoms with Crippen LogP contribution in [0.4, 0.5) is 10.2 Å². The molecule has 1 N–H and O–H groups in total. The molecule has 0 atom stereocenters. The third kappa shape index (κ3) is 5.66. The number of esters is 1. The van der Waals surface area contributed by atoms with Gasteiger partial charge in [-0.05, 0) is 55.3 Å². The summed E-state index contributed by atoms with van der Waals surface area (Å²) in [5.41, 5.74) is 2.41. The molecule has 0 fully saturated rings. The Hall–Kier alpha value is -3.68. The lowest BCUT2D eigenvalue weighted by Crippen LogP contribution is -2.24. The topological polar surface area (TPSA) is 82.4 Å². The lowest BCUT2D eigenvalue weighted by Gasteiger charge is -2.10. The van der Waals surface area contributed by atoms with E-state index in [-0.39, 0.29) is 12.4 Å². The number of nitrogens with one attached hydrogen (secondary N) is 1. The fraction of sp³-hybridized carbons (Fsp3) is 0.227. The molecule has 3 aromatic rings. The third-order valence-corrected chi connectivity index (χ3v) is 4.22. The molecular formula is C22H22FN3O4. The van der Waals surface area contributed by atoms with Gasteiger partial charge in [0.15, 0.2) is 13.2 Å². The first-order valence-corrected chi connectivity index (χ1v) is 9.44. The summed E-state index contributed by atoms with van der Waals surface area (Å²) in [4.78, 5) is 24.0. The molecule has 1 aromatic heterocycles. The molecule has 8 heteroatoms. The van der Waals surface area contributed by atoms with E-state index in [4.69, 9.17) is 9.47 Å². The summed E-state index contributed by atoms with van der Waals surface area (Å²) < 4.78 is 24.9. The monoisotopic (exact) mass is 411 g/mol. The van der Waals surface area contributed by atoms with Crippen LogP contribution in [0.15, 0.2) is 54.6 Å². The van der Waals surface area contributed by atoms with E-state index in [1.54, 1.807) is 37.3 Å². The number of aromatic nitrogens is 2. The number of ether oxygens (including phenoxy) is 2. The van der Waals surface area contributed by atoms with Crippen molar-refractivity contribution in [2.45, 2.75) is 20.3 Å². The molecule has 0 radical (unpaired) electrons. The zero-order chi connectivity index (χ0) is 21.5. The number of hydrogen-bond acceptors (Lipinski definition) is 5. The maximum atomic E-state index is 13.1. The molecule has 0 saturated carbocycles. The van der Waals surface area contributed by atoms with Gasteiger partial charge in [-0.15, -0.1) is 0 Å². The minimum absolute atomic E-state index is 0.300. The Labute approximate surface area is 173 Å². The van der Waals surface area contributed by atoms with E-state index in [2.05, 4.69) is 10.4 Å². The largest absolute Gasteiger partial charge is 0.482 e. The molecule has 1 heterocycles. The lowest BCUT2D eigenvalue weighted by atomic mass is 10.2. The molecule has 0 aliphatic carbocycles. The first-order chi connectivity index (χ1) is 14.4. The normalized spacial score (nSPS) is 10.5. The van der Waals surface area contributed by atoms with Crippen molar-refractivity contribution >= 4 is 17.7 Å². The number of carbonyl (C=O) groups is 2. The van der Waals surface area contributed by atoms with Crippen LogP contribution in [0.2, 0.25) is 0 Å². The fourth-order valence-corrected chi connectivity index (χ4v) is 2.70. The maximum Gasteiger partial charge on any atom is 0.344 e. The number of carbonyl (C=O) groups excluding carboxylic acids is 2. The van der Waals surface area contributed by atoms with Gasteiger partial charge in [-0.1, -0.05) is 19.1 Å². The molecule has 3 rings (SSSR count). The highest BCUT2D eigenvalue weighted by Crippen LogP contribution is 2.17. The number of benzene rings is 2. The highest BCUT2D eigenvalue weighted by Gasteiger charge is 2.13. The average molecular weight is 411 g/mol. The van der Waals surface area contributed by atoms with E-state index in [0.717, 1.165) is 12.0 Å². The van der Waals surface area contributed by atoms with Crippen molar-refractivity contribution in [2.24, 2.45) is 0 Å². The van der Waals surface area contributed by atoms with Gasteiger partial charge in [-0.2, -0.15) is 5.10 Å². The summed E-state index contributed by atoms with van der Waals surface area (Å²) in [6.45, 7) is 3.04. The molecule has 0 bridgehead atoms. The predicted octanol–water partition coefficient (Wildman–Crippen LogP) is 3.44. The molecule has 156 valence electrons. The van der Waals surface area contributed by atoms with E-state index in [9.17, 15) is 14.0 Å². The van der Waals surface area contributed by atoms with Crippen LogP contribution < -0.4 is 10.1 Å². The number of nitrogens with zero attached hydrogens (tertiary/aromatic N) is 2. The summed E-state index contributed by atoms with van der Waals surface area (Å²) in [5, 5.41) is 6.92. The van der Waals surface area contributed by atoms with Crippen LogP contribution in [-0.4, -0.2) is 34.9 Å². The number of anilines is 1. The summed E-state index contributed by atoms with van der Waals surface area (Å²) in [5.74, 6) is -0.629. The molecule has 7 nitrogen and oxygen atoms in total. The third-order valence-electron chi connectivity index (χ3n) is 4.22. The van der Waals surface area contributed by atoms with Gasteiger partial charge < -0.3 is 14.8 Å². The number of rotatable bonds is 8. The standard InChI is InChI=1S/C22H22FN3O4/c1-3-16-4-10-19(11-5-16)29-14-22(28)30-13-21(27)24-20-12-15(2)25-26(20)18-8-6-17(23)7-9-18/h4-12H,3,13-14H2,1-2H3,(H,24,27). The summed E-state index contributed by atoms with van der Waals surface area (Å²) in [7, 11) is 0. The highest BCUT2D eigenvalue weighted by atomic mass is 19.1. The Kier molecular flexibility index (Phi) is 6.79. The second kappa shape index (κ2) is 9.69. The first-order valence-electron chi connectivity index (χ1n) is 9.44. The van der Waals surface area contributed by atoms with Crippen molar-refractivity contribution < 1.29 is 23.5 Å². The van der Waals surface area contributed by atoms with Gasteiger partial charge in [-0.25, -0.2) is 13.9 Å². The van der Waals surface area contributed by atoms with Crippen LogP contribution in [0.3, 0.4) is 0 Å². The zero-order valence-electron chi connectivity index (χ0n) is 16.7. The molecule has 0 saturated heterocycles. The maximum absolute atomic E-state index is 13.1. The van der Waals surface area contributed by atoms with Gasteiger partial charge in [0.25, 0.3) is 5.91 Å². The van der Waals surface area contributed by atoms with E-state index < -0.39 is 18.5 Å². The summed E-state index contributed by atoms with van der Waals surface area (Å²) in [6, 6.07) is 14.7. The molecule has 0 spiro atoms. The first kappa shape index (κ1) is 21.0. The average Bonchev–Trinajstić information content (AvgIpc) is 3.11. The number of amides is 1. The number of halogens is 1. The summed E-state index contributed by atoms with van der Waals surface area (Å²) >= 11 is 0. The van der Waals surface area contributed by atoms with Crippen LogP contribution in [0.5, 0.6) is 5.75 Å². The Balaban J connectivity index is 1.51. The van der Waals surface area contributed by atoms with Crippen molar-refractivity contribution in [1.29, 1.82) is 0 Å². The summed E-state index contributed by atoms with van der Waals surface area (Å²) in [6.07, 6.45) is 0.914. The van der Waals surface area contributed by atoms with Gasteiger partial charge in [-0.3, -0.25) is 4.79 Å². The second-order valence-electron chi connectivity index (χ2n) is 6.55. The van der Waals surface area contributed by atoms with Gasteiger partial charge in [0.1, 0.15) is 17.4 Å². The quantitative estimate of drug-likeness (QED) is 0.574. The van der Waals surface area contributed by atoms with Crippen LogP contribution >= 0.6 is 0 Å².